The summed E-state index contributed by atoms with van der Waals surface area (Å²) >= 11 is 0. The highest BCUT2D eigenvalue weighted by molar-refractivity contribution is 6.00. The molecule has 0 spiro atoms. The van der Waals surface area contributed by atoms with Gasteiger partial charge in [0.2, 0.25) is 0 Å². The lowest BCUT2D eigenvalue weighted by atomic mass is 9.92. The average molecular weight is 339 g/mol. The first kappa shape index (κ1) is 19.1. The van der Waals surface area contributed by atoms with Crippen LogP contribution >= 0.6 is 0 Å². The van der Waals surface area contributed by atoms with Crippen molar-refractivity contribution < 1.29 is 4.79 Å². The molecule has 4 heteroatoms. The predicted octanol–water partition coefficient (Wildman–Crippen LogP) is 4.74. The number of benzene rings is 1. The van der Waals surface area contributed by atoms with Crippen molar-refractivity contribution >= 4 is 5.91 Å². The molecule has 2 unspecified atom stereocenters. The molecule has 134 valence electrons. The number of aromatic nitrogens is 2. The Labute approximate surface area is 151 Å². The van der Waals surface area contributed by atoms with E-state index in [1.165, 1.54) is 0 Å². The van der Waals surface area contributed by atoms with Crippen LogP contribution in [0.25, 0.3) is 11.4 Å². The van der Waals surface area contributed by atoms with Gasteiger partial charge in [-0.3, -0.25) is 4.79 Å². The largest absolute Gasteiger partial charge is 0.338 e. The van der Waals surface area contributed by atoms with E-state index in [4.69, 9.17) is 0 Å². The van der Waals surface area contributed by atoms with E-state index in [1.54, 1.807) is 18.5 Å². The Balaban J connectivity index is 2.39. The fourth-order valence-electron chi connectivity index (χ4n) is 3.51. The van der Waals surface area contributed by atoms with E-state index in [1.807, 2.05) is 37.1 Å². The van der Waals surface area contributed by atoms with Gasteiger partial charge in [-0.2, -0.15) is 0 Å². The summed E-state index contributed by atoms with van der Waals surface area (Å²) in [5, 5.41) is 0. The molecule has 0 saturated carbocycles. The van der Waals surface area contributed by atoms with Crippen LogP contribution in [0.5, 0.6) is 0 Å². The molecule has 1 aromatic heterocycles. The van der Waals surface area contributed by atoms with Crippen molar-refractivity contribution in [2.24, 2.45) is 5.92 Å². The summed E-state index contributed by atoms with van der Waals surface area (Å²) in [7, 11) is 1.92. The van der Waals surface area contributed by atoms with Gasteiger partial charge >= 0.3 is 0 Å². The van der Waals surface area contributed by atoms with Crippen LogP contribution in [0.1, 0.15) is 56.0 Å². The molecule has 0 N–H and O–H groups in total. The summed E-state index contributed by atoms with van der Waals surface area (Å²) in [6.45, 7) is 8.58. The van der Waals surface area contributed by atoms with Gasteiger partial charge in [-0.05, 0) is 37.8 Å². The monoisotopic (exact) mass is 339 g/mol. The maximum absolute atomic E-state index is 13.3. The van der Waals surface area contributed by atoms with Gasteiger partial charge in [-0.1, -0.05) is 44.9 Å². The van der Waals surface area contributed by atoms with Crippen LogP contribution in [-0.4, -0.2) is 33.9 Å². The van der Waals surface area contributed by atoms with E-state index in [0.29, 0.717) is 17.3 Å². The molecule has 0 bridgehead atoms. The summed E-state index contributed by atoms with van der Waals surface area (Å²) < 4.78 is 0. The molecule has 0 aliphatic heterocycles. The zero-order chi connectivity index (χ0) is 18.4. The molecule has 1 amide bonds. The number of amides is 1. The van der Waals surface area contributed by atoms with Gasteiger partial charge in [-0.25, -0.2) is 9.97 Å². The van der Waals surface area contributed by atoms with Gasteiger partial charge in [0.25, 0.3) is 5.91 Å². The van der Waals surface area contributed by atoms with Crippen molar-refractivity contribution in [3.05, 3.63) is 47.8 Å². The quantitative estimate of drug-likeness (QED) is 0.732. The molecule has 2 rings (SSSR count). The molecule has 25 heavy (non-hydrogen) atoms. The predicted molar refractivity (Wildman–Crippen MR) is 102 cm³/mol. The van der Waals surface area contributed by atoms with Crippen LogP contribution in [0.3, 0.4) is 0 Å². The third-order valence-corrected chi connectivity index (χ3v) is 4.85. The smallest absolute Gasteiger partial charge is 0.254 e. The summed E-state index contributed by atoms with van der Waals surface area (Å²) in [6.07, 6.45) is 6.62. The topological polar surface area (TPSA) is 46.1 Å². The summed E-state index contributed by atoms with van der Waals surface area (Å²) in [5.41, 5.74) is 2.53. The van der Waals surface area contributed by atoms with E-state index in [0.717, 1.165) is 30.4 Å². The molecule has 1 heterocycles. The fourth-order valence-corrected chi connectivity index (χ4v) is 3.51. The first-order valence-electron chi connectivity index (χ1n) is 9.14. The third kappa shape index (κ3) is 4.44. The molecule has 0 aliphatic carbocycles. The second-order valence-corrected chi connectivity index (χ2v) is 6.78. The Kier molecular flexibility index (Phi) is 6.68. The molecule has 0 fully saturated rings. The maximum atomic E-state index is 13.3. The number of hydrogen-bond acceptors (Lipinski definition) is 3. The fraction of sp³-hybridized carbons (Fsp3) is 0.476. The molecule has 2 aromatic rings. The Morgan fingerprint density at radius 3 is 2.48 bits per heavy atom. The molecular weight excluding hydrogens is 310 g/mol. The molecule has 0 aliphatic rings. The van der Waals surface area contributed by atoms with Crippen LogP contribution in [0.4, 0.5) is 0 Å². The first-order valence-corrected chi connectivity index (χ1v) is 9.14. The number of hydrogen-bond donors (Lipinski definition) is 0. The zero-order valence-electron chi connectivity index (χ0n) is 16.0. The van der Waals surface area contributed by atoms with E-state index >= 15 is 0 Å². The van der Waals surface area contributed by atoms with Gasteiger partial charge in [0.1, 0.15) is 0 Å². The minimum atomic E-state index is 0.0426. The van der Waals surface area contributed by atoms with Gasteiger partial charge in [-0.15, -0.1) is 0 Å². The van der Waals surface area contributed by atoms with E-state index in [9.17, 15) is 4.79 Å². The van der Waals surface area contributed by atoms with Crippen molar-refractivity contribution in [1.29, 1.82) is 0 Å². The number of aryl methyl sites for hydroxylation is 1. The van der Waals surface area contributed by atoms with Crippen LogP contribution in [0.15, 0.2) is 36.7 Å². The van der Waals surface area contributed by atoms with Gasteiger partial charge < -0.3 is 4.90 Å². The SMILES string of the molecule is CCCC(C)C(CC)N(C)C(=O)c1cc(C)ccc1-c1ncccn1. The summed E-state index contributed by atoms with van der Waals surface area (Å²) in [4.78, 5) is 23.8. The maximum Gasteiger partial charge on any atom is 0.254 e. The van der Waals surface area contributed by atoms with Crippen LogP contribution in [0, 0.1) is 12.8 Å². The lowest BCUT2D eigenvalue weighted by Gasteiger charge is -2.32. The first-order chi connectivity index (χ1) is 12.0. The number of carbonyl (C=O) groups excluding carboxylic acids is 1. The Bertz CT molecular complexity index is 700. The summed E-state index contributed by atoms with van der Waals surface area (Å²) in [5.74, 6) is 1.11. The van der Waals surface area contributed by atoms with Crippen molar-refractivity contribution in [2.75, 3.05) is 7.05 Å². The summed E-state index contributed by atoms with van der Waals surface area (Å²) in [6, 6.07) is 7.91. The highest BCUT2D eigenvalue weighted by Crippen LogP contribution is 2.26. The van der Waals surface area contributed by atoms with Crippen molar-refractivity contribution in [3.63, 3.8) is 0 Å². The third-order valence-electron chi connectivity index (χ3n) is 4.85. The van der Waals surface area contributed by atoms with E-state index in [2.05, 4.69) is 30.7 Å². The molecule has 1 aromatic carbocycles. The van der Waals surface area contributed by atoms with Crippen LogP contribution < -0.4 is 0 Å². The second-order valence-electron chi connectivity index (χ2n) is 6.78. The minimum Gasteiger partial charge on any atom is -0.338 e. The average Bonchev–Trinajstić information content (AvgIpc) is 2.62. The normalized spacial score (nSPS) is 13.3. The number of rotatable bonds is 7. The minimum absolute atomic E-state index is 0.0426. The standard InChI is InChI=1S/C21H29N3O/c1-6-9-16(4)19(7-2)24(5)21(25)18-14-15(3)10-11-17(18)20-22-12-8-13-23-20/h8,10-14,16,19H,6-7,9H2,1-5H3. The molecule has 0 saturated heterocycles. The van der Waals surface area contributed by atoms with Crippen molar-refractivity contribution in [1.82, 2.24) is 14.9 Å². The molecule has 0 radical (unpaired) electrons. The number of nitrogens with zero attached hydrogens (tertiary/aromatic N) is 3. The number of carbonyl (C=O) groups is 1. The molecule has 2 atom stereocenters. The molecular formula is C21H29N3O. The van der Waals surface area contributed by atoms with Crippen LogP contribution in [-0.2, 0) is 0 Å². The van der Waals surface area contributed by atoms with E-state index in [-0.39, 0.29) is 11.9 Å². The zero-order valence-corrected chi connectivity index (χ0v) is 16.0. The Morgan fingerprint density at radius 1 is 1.20 bits per heavy atom. The van der Waals surface area contributed by atoms with Crippen molar-refractivity contribution in [2.45, 2.75) is 53.0 Å². The van der Waals surface area contributed by atoms with Crippen molar-refractivity contribution in [3.8, 4) is 11.4 Å². The van der Waals surface area contributed by atoms with Gasteiger partial charge in [0.05, 0.1) is 5.56 Å². The van der Waals surface area contributed by atoms with E-state index < -0.39 is 0 Å². The lowest BCUT2D eigenvalue weighted by Crippen LogP contribution is -2.41. The van der Waals surface area contributed by atoms with Gasteiger partial charge in [0.15, 0.2) is 5.82 Å². The van der Waals surface area contributed by atoms with Crippen LogP contribution in [0.2, 0.25) is 0 Å². The lowest BCUT2D eigenvalue weighted by molar-refractivity contribution is 0.0670. The second kappa shape index (κ2) is 8.75. The highest BCUT2D eigenvalue weighted by atomic mass is 16.2. The Hall–Kier alpha value is -2.23. The molecule has 4 nitrogen and oxygen atoms in total. The highest BCUT2D eigenvalue weighted by Gasteiger charge is 2.26. The van der Waals surface area contributed by atoms with Gasteiger partial charge in [0, 0.05) is 31.0 Å². The Morgan fingerprint density at radius 2 is 1.88 bits per heavy atom.